The SMILES string of the molecule is CN(C)CCc1c[nH]c2ccc(Nc3ncccc3C(N)=O)cc12. The van der Waals surface area contributed by atoms with Crippen molar-refractivity contribution in [3.8, 4) is 0 Å². The number of fused-ring (bicyclic) bond motifs is 1. The topological polar surface area (TPSA) is 87.0 Å². The zero-order valence-electron chi connectivity index (χ0n) is 13.8. The lowest BCUT2D eigenvalue weighted by Crippen LogP contribution is -2.14. The monoisotopic (exact) mass is 323 g/mol. The minimum atomic E-state index is -0.500. The number of hydrogen-bond donors (Lipinski definition) is 3. The van der Waals surface area contributed by atoms with Gasteiger partial charge in [0.05, 0.1) is 5.56 Å². The van der Waals surface area contributed by atoms with E-state index in [1.807, 2.05) is 18.3 Å². The predicted molar refractivity (Wildman–Crippen MR) is 96.6 cm³/mol. The molecule has 4 N–H and O–H groups in total. The molecule has 0 aliphatic heterocycles. The Morgan fingerprint density at radius 3 is 2.92 bits per heavy atom. The molecule has 3 aromatic rings. The largest absolute Gasteiger partial charge is 0.365 e. The number of nitrogens with one attached hydrogen (secondary N) is 2. The Labute approximate surface area is 140 Å². The van der Waals surface area contributed by atoms with Gasteiger partial charge in [-0.2, -0.15) is 0 Å². The van der Waals surface area contributed by atoms with Crippen LogP contribution >= 0.6 is 0 Å². The lowest BCUT2D eigenvalue weighted by molar-refractivity contribution is 0.100. The number of likely N-dealkylation sites (N-methyl/N-ethyl adjacent to an activating group) is 1. The van der Waals surface area contributed by atoms with Gasteiger partial charge in [-0.15, -0.1) is 0 Å². The van der Waals surface area contributed by atoms with E-state index < -0.39 is 5.91 Å². The standard InChI is InChI=1S/C18H21N5O/c1-23(2)9-7-12-11-21-16-6-5-13(10-15(12)16)22-18-14(17(19)24)4-3-8-20-18/h3-6,8,10-11,21H,7,9H2,1-2H3,(H2,19,24)(H,20,22). The molecule has 0 fully saturated rings. The fourth-order valence-corrected chi connectivity index (χ4v) is 2.65. The van der Waals surface area contributed by atoms with Crippen LogP contribution in [0.3, 0.4) is 0 Å². The molecular weight excluding hydrogens is 302 g/mol. The summed E-state index contributed by atoms with van der Waals surface area (Å²) in [5.41, 5.74) is 9.00. The highest BCUT2D eigenvalue weighted by atomic mass is 16.1. The van der Waals surface area contributed by atoms with Gasteiger partial charge >= 0.3 is 0 Å². The fraction of sp³-hybridized carbons (Fsp3) is 0.222. The number of nitrogens with two attached hydrogens (primary N) is 1. The van der Waals surface area contributed by atoms with Gasteiger partial charge in [-0.25, -0.2) is 4.98 Å². The number of amides is 1. The van der Waals surface area contributed by atoms with E-state index in [1.165, 1.54) is 10.9 Å². The van der Waals surface area contributed by atoms with Crippen LogP contribution in [-0.2, 0) is 6.42 Å². The maximum atomic E-state index is 11.5. The number of benzene rings is 1. The van der Waals surface area contributed by atoms with Gasteiger partial charge < -0.3 is 20.9 Å². The van der Waals surface area contributed by atoms with Crippen molar-refractivity contribution in [2.24, 2.45) is 5.73 Å². The summed E-state index contributed by atoms with van der Waals surface area (Å²) in [7, 11) is 4.13. The molecule has 2 aromatic heterocycles. The van der Waals surface area contributed by atoms with Crippen molar-refractivity contribution in [2.75, 3.05) is 26.0 Å². The quantitative estimate of drug-likeness (QED) is 0.650. The third-order valence-corrected chi connectivity index (χ3v) is 3.93. The zero-order valence-corrected chi connectivity index (χ0v) is 13.8. The maximum absolute atomic E-state index is 11.5. The number of H-pyrrole nitrogens is 1. The molecule has 0 radical (unpaired) electrons. The number of aromatic nitrogens is 2. The second kappa shape index (κ2) is 6.72. The second-order valence-corrected chi connectivity index (χ2v) is 6.02. The minimum Gasteiger partial charge on any atom is -0.365 e. The summed E-state index contributed by atoms with van der Waals surface area (Å²) in [4.78, 5) is 21.2. The Morgan fingerprint density at radius 2 is 2.17 bits per heavy atom. The lowest BCUT2D eigenvalue weighted by atomic mass is 10.1. The van der Waals surface area contributed by atoms with Crippen LogP contribution in [0.25, 0.3) is 10.9 Å². The molecule has 24 heavy (non-hydrogen) atoms. The number of aromatic amines is 1. The first-order chi connectivity index (χ1) is 11.5. The summed E-state index contributed by atoms with van der Waals surface area (Å²) in [5.74, 6) is -0.0327. The van der Waals surface area contributed by atoms with E-state index in [0.717, 1.165) is 24.2 Å². The number of carbonyl (C=O) groups excluding carboxylic acids is 1. The normalized spacial score (nSPS) is 11.1. The van der Waals surface area contributed by atoms with Crippen molar-refractivity contribution in [1.82, 2.24) is 14.9 Å². The molecular formula is C18H21N5O. The van der Waals surface area contributed by atoms with Crippen LogP contribution in [0.1, 0.15) is 15.9 Å². The van der Waals surface area contributed by atoms with Crippen LogP contribution in [0.15, 0.2) is 42.7 Å². The molecule has 0 bridgehead atoms. The molecule has 0 spiro atoms. The van der Waals surface area contributed by atoms with Gasteiger partial charge in [-0.1, -0.05) is 0 Å². The first-order valence-electron chi connectivity index (χ1n) is 7.81. The minimum absolute atomic E-state index is 0.375. The molecule has 6 heteroatoms. The van der Waals surface area contributed by atoms with Crippen molar-refractivity contribution < 1.29 is 4.79 Å². The number of nitrogens with zero attached hydrogens (tertiary/aromatic N) is 2. The highest BCUT2D eigenvalue weighted by Crippen LogP contribution is 2.25. The molecule has 124 valence electrons. The Bertz CT molecular complexity index is 869. The highest BCUT2D eigenvalue weighted by Gasteiger charge is 2.10. The Kier molecular flexibility index (Phi) is 4.48. The summed E-state index contributed by atoms with van der Waals surface area (Å²) in [6, 6.07) is 9.39. The number of primary amides is 1. The summed E-state index contributed by atoms with van der Waals surface area (Å²) in [5, 5.41) is 4.36. The van der Waals surface area contributed by atoms with E-state index >= 15 is 0 Å². The van der Waals surface area contributed by atoms with Crippen molar-refractivity contribution in [3.05, 3.63) is 53.9 Å². The first kappa shape index (κ1) is 16.0. The van der Waals surface area contributed by atoms with Crippen molar-refractivity contribution in [3.63, 3.8) is 0 Å². The molecule has 0 saturated carbocycles. The Morgan fingerprint density at radius 1 is 1.33 bits per heavy atom. The third-order valence-electron chi connectivity index (χ3n) is 3.93. The molecule has 2 heterocycles. The summed E-state index contributed by atoms with van der Waals surface area (Å²) in [6.07, 6.45) is 4.65. The third kappa shape index (κ3) is 3.38. The molecule has 1 amide bonds. The maximum Gasteiger partial charge on any atom is 0.252 e. The van der Waals surface area contributed by atoms with E-state index in [2.05, 4.69) is 40.3 Å². The molecule has 1 aromatic carbocycles. The van der Waals surface area contributed by atoms with E-state index in [9.17, 15) is 4.79 Å². The van der Waals surface area contributed by atoms with Crippen LogP contribution in [0, 0.1) is 0 Å². The van der Waals surface area contributed by atoms with Gasteiger partial charge in [0.2, 0.25) is 0 Å². The van der Waals surface area contributed by atoms with Crippen molar-refractivity contribution >= 4 is 28.3 Å². The number of anilines is 2. The smallest absolute Gasteiger partial charge is 0.252 e. The number of pyridine rings is 1. The number of rotatable bonds is 6. The van der Waals surface area contributed by atoms with Gasteiger partial charge in [0.15, 0.2) is 0 Å². The van der Waals surface area contributed by atoms with Gasteiger partial charge in [-0.3, -0.25) is 4.79 Å². The summed E-state index contributed by atoms with van der Waals surface area (Å²) < 4.78 is 0. The number of hydrogen-bond acceptors (Lipinski definition) is 4. The van der Waals surface area contributed by atoms with E-state index in [-0.39, 0.29) is 0 Å². The molecule has 0 aliphatic carbocycles. The molecule has 3 rings (SSSR count). The first-order valence-corrected chi connectivity index (χ1v) is 7.81. The molecule has 0 unspecified atom stereocenters. The van der Waals surface area contributed by atoms with Crippen LogP contribution in [0.5, 0.6) is 0 Å². The van der Waals surface area contributed by atoms with Gasteiger partial charge in [-0.05, 0) is 56.4 Å². The van der Waals surface area contributed by atoms with Crippen LogP contribution in [0.4, 0.5) is 11.5 Å². The average Bonchev–Trinajstić information content (AvgIpc) is 2.95. The van der Waals surface area contributed by atoms with Crippen molar-refractivity contribution in [2.45, 2.75) is 6.42 Å². The Balaban J connectivity index is 1.91. The second-order valence-electron chi connectivity index (χ2n) is 6.02. The summed E-state index contributed by atoms with van der Waals surface area (Å²) in [6.45, 7) is 0.983. The van der Waals surface area contributed by atoms with Gasteiger partial charge in [0.1, 0.15) is 5.82 Å². The van der Waals surface area contributed by atoms with E-state index in [0.29, 0.717) is 11.4 Å². The summed E-state index contributed by atoms with van der Waals surface area (Å²) >= 11 is 0. The van der Waals surface area contributed by atoms with Crippen LogP contribution in [0.2, 0.25) is 0 Å². The molecule has 6 nitrogen and oxygen atoms in total. The van der Waals surface area contributed by atoms with Gasteiger partial charge in [0, 0.05) is 35.5 Å². The lowest BCUT2D eigenvalue weighted by Gasteiger charge is -2.10. The molecule has 0 atom stereocenters. The van der Waals surface area contributed by atoms with E-state index in [4.69, 9.17) is 5.73 Å². The zero-order chi connectivity index (χ0) is 17.1. The fourth-order valence-electron chi connectivity index (χ4n) is 2.65. The predicted octanol–water partition coefficient (Wildman–Crippen LogP) is 2.51. The van der Waals surface area contributed by atoms with Crippen LogP contribution < -0.4 is 11.1 Å². The molecule has 0 aliphatic rings. The average molecular weight is 323 g/mol. The Hall–Kier alpha value is -2.86. The number of carbonyl (C=O) groups is 1. The van der Waals surface area contributed by atoms with Gasteiger partial charge in [0.25, 0.3) is 5.91 Å². The van der Waals surface area contributed by atoms with Crippen LogP contribution in [-0.4, -0.2) is 41.4 Å². The highest BCUT2D eigenvalue weighted by molar-refractivity contribution is 5.98. The van der Waals surface area contributed by atoms with Crippen molar-refractivity contribution in [1.29, 1.82) is 0 Å². The van der Waals surface area contributed by atoms with E-state index in [1.54, 1.807) is 18.3 Å². The molecule has 0 saturated heterocycles.